The lowest BCUT2D eigenvalue weighted by molar-refractivity contribution is 0.0347. The van der Waals surface area contributed by atoms with Crippen LogP contribution in [-0.2, 0) is 15.9 Å². The van der Waals surface area contributed by atoms with Crippen molar-refractivity contribution in [3.63, 3.8) is 0 Å². The van der Waals surface area contributed by atoms with Crippen LogP contribution < -0.4 is 10.6 Å². The van der Waals surface area contributed by atoms with Crippen molar-refractivity contribution in [2.45, 2.75) is 63.6 Å². The summed E-state index contributed by atoms with van der Waals surface area (Å²) >= 11 is 0. The first kappa shape index (κ1) is 21.5. The Balaban J connectivity index is 0.00000243. The molecule has 1 saturated heterocycles. The van der Waals surface area contributed by atoms with E-state index in [1.165, 1.54) is 25.7 Å². The van der Waals surface area contributed by atoms with E-state index in [2.05, 4.69) is 17.6 Å². The van der Waals surface area contributed by atoms with Gasteiger partial charge in [0.1, 0.15) is 5.76 Å². The van der Waals surface area contributed by atoms with E-state index < -0.39 is 0 Å². The van der Waals surface area contributed by atoms with E-state index >= 15 is 0 Å². The van der Waals surface area contributed by atoms with Crippen molar-refractivity contribution in [1.82, 2.24) is 10.6 Å². The second kappa shape index (κ2) is 11.8. The number of hydrogen-bond acceptors (Lipinski definition) is 4. The van der Waals surface area contributed by atoms with Crippen molar-refractivity contribution >= 4 is 29.9 Å². The van der Waals surface area contributed by atoms with Crippen LogP contribution in [0.2, 0.25) is 0 Å². The molecule has 2 heterocycles. The molecule has 1 aliphatic carbocycles. The number of guanidine groups is 1. The molecule has 7 heteroatoms. The lowest BCUT2D eigenvalue weighted by atomic mass is 10.2. The number of rotatable bonds is 8. The molecule has 2 unspecified atom stereocenters. The molecule has 0 amide bonds. The van der Waals surface area contributed by atoms with E-state index in [4.69, 9.17) is 18.9 Å². The van der Waals surface area contributed by atoms with Crippen molar-refractivity contribution in [1.29, 1.82) is 0 Å². The van der Waals surface area contributed by atoms with Gasteiger partial charge < -0.3 is 24.5 Å². The van der Waals surface area contributed by atoms with Crippen LogP contribution in [-0.4, -0.2) is 50.5 Å². The maximum absolute atomic E-state index is 5.91. The minimum absolute atomic E-state index is 0. The van der Waals surface area contributed by atoms with Crippen LogP contribution in [0.4, 0.5) is 0 Å². The average molecular weight is 477 g/mol. The monoisotopic (exact) mass is 477 g/mol. The Kier molecular flexibility index (Phi) is 9.77. The number of nitrogens with one attached hydrogen (secondary N) is 2. The van der Waals surface area contributed by atoms with Gasteiger partial charge in [0.2, 0.25) is 0 Å². The molecular formula is C19H32IN3O3. The van der Waals surface area contributed by atoms with Crippen molar-refractivity contribution in [2.24, 2.45) is 4.99 Å². The lowest BCUT2D eigenvalue weighted by Gasteiger charge is -2.22. The molecule has 2 atom stereocenters. The summed E-state index contributed by atoms with van der Waals surface area (Å²) in [5.74, 6) is 1.86. The number of furan rings is 1. The Bertz CT molecular complexity index is 512. The van der Waals surface area contributed by atoms with Gasteiger partial charge in [-0.25, -0.2) is 0 Å². The number of aliphatic imine (C=N–C) groups is 1. The first-order valence-corrected chi connectivity index (χ1v) is 9.59. The zero-order chi connectivity index (χ0) is 17.3. The van der Waals surface area contributed by atoms with Gasteiger partial charge in [-0.1, -0.05) is 12.8 Å². The standard InChI is InChI=1S/C19H31N3O3.HI/c1-15(13-25-18-9-12-23-14-18)21-19(22-16-5-2-3-6-16)20-10-8-17-7-4-11-24-17;/h4,7,11,15-16,18H,2-3,5-6,8-10,12-14H2,1H3,(H2,20,21,22);1H. The van der Waals surface area contributed by atoms with E-state index in [1.54, 1.807) is 6.26 Å². The molecule has 1 aromatic rings. The minimum atomic E-state index is 0. The Labute approximate surface area is 173 Å². The van der Waals surface area contributed by atoms with Crippen LogP contribution >= 0.6 is 24.0 Å². The summed E-state index contributed by atoms with van der Waals surface area (Å²) in [5.41, 5.74) is 0. The molecule has 0 spiro atoms. The summed E-state index contributed by atoms with van der Waals surface area (Å²) in [6.45, 7) is 5.04. The van der Waals surface area contributed by atoms with Crippen LogP contribution in [0.3, 0.4) is 0 Å². The highest BCUT2D eigenvalue weighted by Crippen LogP contribution is 2.17. The van der Waals surface area contributed by atoms with Crippen LogP contribution in [0, 0.1) is 0 Å². The van der Waals surface area contributed by atoms with Gasteiger partial charge in [0.15, 0.2) is 5.96 Å². The Hall–Kier alpha value is -0.800. The summed E-state index contributed by atoms with van der Waals surface area (Å²) in [5, 5.41) is 7.07. The van der Waals surface area contributed by atoms with Crippen LogP contribution in [0.5, 0.6) is 0 Å². The Morgan fingerprint density at radius 2 is 2.19 bits per heavy atom. The van der Waals surface area contributed by atoms with Crippen molar-refractivity contribution in [3.05, 3.63) is 24.2 Å². The van der Waals surface area contributed by atoms with E-state index in [0.29, 0.717) is 19.2 Å². The number of hydrogen-bond donors (Lipinski definition) is 2. The van der Waals surface area contributed by atoms with Crippen LogP contribution in [0.25, 0.3) is 0 Å². The normalized spacial score (nSPS) is 22.2. The van der Waals surface area contributed by atoms with Crippen LogP contribution in [0.1, 0.15) is 44.8 Å². The second-order valence-electron chi connectivity index (χ2n) is 7.05. The van der Waals surface area contributed by atoms with Gasteiger partial charge in [-0.05, 0) is 38.3 Å². The molecule has 1 saturated carbocycles. The van der Waals surface area contributed by atoms with Gasteiger partial charge in [0.25, 0.3) is 0 Å². The summed E-state index contributed by atoms with van der Waals surface area (Å²) in [4.78, 5) is 4.74. The highest BCUT2D eigenvalue weighted by Gasteiger charge is 2.19. The van der Waals surface area contributed by atoms with Crippen molar-refractivity contribution in [3.8, 4) is 0 Å². The molecule has 2 N–H and O–H groups in total. The molecule has 0 radical (unpaired) electrons. The van der Waals surface area contributed by atoms with Crippen molar-refractivity contribution < 1.29 is 13.9 Å². The van der Waals surface area contributed by atoms with E-state index in [0.717, 1.165) is 37.8 Å². The number of nitrogens with zero attached hydrogens (tertiary/aromatic N) is 1. The summed E-state index contributed by atoms with van der Waals surface area (Å²) < 4.78 is 16.7. The second-order valence-corrected chi connectivity index (χ2v) is 7.05. The highest BCUT2D eigenvalue weighted by atomic mass is 127. The third kappa shape index (κ3) is 7.44. The molecule has 1 aliphatic heterocycles. The Morgan fingerprint density at radius 3 is 2.88 bits per heavy atom. The van der Waals surface area contributed by atoms with Crippen molar-refractivity contribution in [2.75, 3.05) is 26.4 Å². The van der Waals surface area contributed by atoms with Gasteiger partial charge in [-0.3, -0.25) is 4.99 Å². The fourth-order valence-corrected chi connectivity index (χ4v) is 3.33. The maximum Gasteiger partial charge on any atom is 0.191 e. The fraction of sp³-hybridized carbons (Fsp3) is 0.737. The molecule has 1 aromatic heterocycles. The molecule has 3 rings (SSSR count). The van der Waals surface area contributed by atoms with E-state index in [-0.39, 0.29) is 36.1 Å². The molecule has 26 heavy (non-hydrogen) atoms. The van der Waals surface area contributed by atoms with Gasteiger partial charge in [-0.15, -0.1) is 24.0 Å². The summed E-state index contributed by atoms with van der Waals surface area (Å²) in [7, 11) is 0. The summed E-state index contributed by atoms with van der Waals surface area (Å²) in [6, 6.07) is 4.65. The van der Waals surface area contributed by atoms with Gasteiger partial charge in [0.05, 0.1) is 25.6 Å². The zero-order valence-electron chi connectivity index (χ0n) is 15.6. The lowest BCUT2D eigenvalue weighted by Crippen LogP contribution is -2.47. The van der Waals surface area contributed by atoms with Crippen LogP contribution in [0.15, 0.2) is 27.8 Å². The number of ether oxygens (including phenoxy) is 2. The highest BCUT2D eigenvalue weighted by molar-refractivity contribution is 14.0. The molecule has 0 aromatic carbocycles. The topological polar surface area (TPSA) is 68.0 Å². The van der Waals surface area contributed by atoms with Gasteiger partial charge >= 0.3 is 0 Å². The third-order valence-electron chi connectivity index (χ3n) is 4.76. The first-order chi connectivity index (χ1) is 12.3. The smallest absolute Gasteiger partial charge is 0.191 e. The van der Waals surface area contributed by atoms with E-state index in [1.807, 2.05) is 12.1 Å². The molecule has 148 valence electrons. The largest absolute Gasteiger partial charge is 0.469 e. The molecule has 2 fully saturated rings. The first-order valence-electron chi connectivity index (χ1n) is 9.59. The Morgan fingerprint density at radius 1 is 1.35 bits per heavy atom. The SMILES string of the molecule is CC(COC1CCOC1)NC(=NCCc1ccco1)NC1CCCC1.I. The molecule has 6 nitrogen and oxygen atoms in total. The van der Waals surface area contributed by atoms with E-state index in [9.17, 15) is 0 Å². The fourth-order valence-electron chi connectivity index (χ4n) is 3.33. The quantitative estimate of drug-likeness (QED) is 0.342. The minimum Gasteiger partial charge on any atom is -0.469 e. The molecular weight excluding hydrogens is 445 g/mol. The number of halogens is 1. The predicted octanol–water partition coefficient (Wildman–Crippen LogP) is 3.11. The predicted molar refractivity (Wildman–Crippen MR) is 113 cm³/mol. The summed E-state index contributed by atoms with van der Waals surface area (Å²) in [6.07, 6.45) is 8.82. The maximum atomic E-state index is 5.91. The third-order valence-corrected chi connectivity index (χ3v) is 4.76. The van der Waals surface area contributed by atoms with Gasteiger partial charge in [0, 0.05) is 31.7 Å². The zero-order valence-corrected chi connectivity index (χ0v) is 17.9. The average Bonchev–Trinajstić information content (AvgIpc) is 3.36. The molecule has 2 aliphatic rings. The molecule has 0 bridgehead atoms. The van der Waals surface area contributed by atoms with Gasteiger partial charge in [-0.2, -0.15) is 0 Å².